The molecule has 0 spiro atoms. The van der Waals surface area contributed by atoms with E-state index in [4.69, 9.17) is 9.47 Å². The summed E-state index contributed by atoms with van der Waals surface area (Å²) in [5.41, 5.74) is 0. The summed E-state index contributed by atoms with van der Waals surface area (Å²) in [5, 5.41) is 0. The van der Waals surface area contributed by atoms with E-state index in [0.29, 0.717) is 0 Å². The number of hydrogen-bond acceptors (Lipinski definition) is 2. The Hall–Kier alpha value is -0.450. The number of methoxy groups -OCH3 is 1. The van der Waals surface area contributed by atoms with Crippen LogP contribution in [-0.2, 0) is 0 Å². The second-order valence-corrected chi connectivity index (χ2v) is 3.89. The van der Waals surface area contributed by atoms with Crippen LogP contribution in [0.5, 0.6) is 11.5 Å². The second-order valence-electron chi connectivity index (χ2n) is 2.64. The molecule has 0 fully saturated rings. The van der Waals surface area contributed by atoms with Crippen LogP contribution in [0.15, 0.2) is 18.2 Å². The zero-order valence-electron chi connectivity index (χ0n) is 7.84. The van der Waals surface area contributed by atoms with Crippen molar-refractivity contribution in [1.29, 1.82) is 0 Å². The molecular weight excluding hydrogens is 279 g/mol. The van der Waals surface area contributed by atoms with Crippen LogP contribution in [0.4, 0.5) is 0 Å². The first-order valence-electron chi connectivity index (χ1n) is 4.24. The summed E-state index contributed by atoms with van der Waals surface area (Å²) in [6.07, 6.45) is 1.01. The van der Waals surface area contributed by atoms with Gasteiger partial charge in [-0.1, -0.05) is 6.92 Å². The average molecular weight is 292 g/mol. The molecule has 0 saturated heterocycles. The van der Waals surface area contributed by atoms with Crippen molar-refractivity contribution >= 4 is 22.6 Å². The van der Waals surface area contributed by atoms with Gasteiger partial charge >= 0.3 is 0 Å². The molecule has 0 bridgehead atoms. The van der Waals surface area contributed by atoms with E-state index in [2.05, 4.69) is 29.5 Å². The highest BCUT2D eigenvalue weighted by atomic mass is 127. The maximum atomic E-state index is 5.53. The zero-order valence-corrected chi connectivity index (χ0v) is 10.00. The first-order chi connectivity index (χ1) is 6.27. The van der Waals surface area contributed by atoms with Gasteiger partial charge in [0.05, 0.1) is 13.7 Å². The first-order valence-corrected chi connectivity index (χ1v) is 5.32. The lowest BCUT2D eigenvalue weighted by atomic mass is 10.3. The van der Waals surface area contributed by atoms with Crippen LogP contribution in [0.2, 0.25) is 0 Å². The highest BCUT2D eigenvalue weighted by Gasteiger charge is 2.03. The Labute approximate surface area is 92.4 Å². The molecule has 0 unspecified atom stereocenters. The third-order valence-electron chi connectivity index (χ3n) is 1.59. The monoisotopic (exact) mass is 292 g/mol. The van der Waals surface area contributed by atoms with E-state index in [0.717, 1.165) is 28.1 Å². The van der Waals surface area contributed by atoms with E-state index in [9.17, 15) is 0 Å². The molecule has 0 radical (unpaired) electrons. The van der Waals surface area contributed by atoms with Gasteiger partial charge < -0.3 is 9.47 Å². The van der Waals surface area contributed by atoms with Crippen LogP contribution in [0.3, 0.4) is 0 Å². The highest BCUT2D eigenvalue weighted by Crippen LogP contribution is 2.28. The number of rotatable bonds is 4. The first kappa shape index (κ1) is 10.6. The lowest BCUT2D eigenvalue weighted by Gasteiger charge is -2.09. The highest BCUT2D eigenvalue weighted by molar-refractivity contribution is 14.1. The summed E-state index contributed by atoms with van der Waals surface area (Å²) < 4.78 is 11.9. The van der Waals surface area contributed by atoms with Crippen molar-refractivity contribution < 1.29 is 9.47 Å². The minimum absolute atomic E-state index is 0.733. The topological polar surface area (TPSA) is 18.5 Å². The molecule has 0 aliphatic rings. The molecule has 0 aliphatic carbocycles. The Morgan fingerprint density at radius 3 is 2.69 bits per heavy atom. The second kappa shape index (κ2) is 5.32. The van der Waals surface area contributed by atoms with Crippen LogP contribution in [-0.4, -0.2) is 13.7 Å². The number of benzene rings is 1. The quantitative estimate of drug-likeness (QED) is 0.794. The van der Waals surface area contributed by atoms with Gasteiger partial charge in [0.25, 0.3) is 0 Å². The summed E-state index contributed by atoms with van der Waals surface area (Å²) in [5.74, 6) is 1.63. The molecule has 1 rings (SSSR count). The molecule has 0 N–H and O–H groups in total. The van der Waals surface area contributed by atoms with Crippen LogP contribution in [0.1, 0.15) is 13.3 Å². The van der Waals surface area contributed by atoms with Crippen molar-refractivity contribution in [2.24, 2.45) is 0 Å². The third-order valence-corrected chi connectivity index (χ3v) is 2.26. The summed E-state index contributed by atoms with van der Waals surface area (Å²) in [6.45, 7) is 2.82. The van der Waals surface area contributed by atoms with Gasteiger partial charge in [-0.3, -0.25) is 0 Å². The fraction of sp³-hybridized carbons (Fsp3) is 0.400. The van der Waals surface area contributed by atoms with Gasteiger partial charge in [-0.05, 0) is 47.2 Å². The van der Waals surface area contributed by atoms with Crippen LogP contribution >= 0.6 is 22.6 Å². The standard InChI is InChI=1S/C10H13IO2/c1-3-6-13-10-7-8(11)4-5-9(10)12-2/h4-5,7H,3,6H2,1-2H3. The van der Waals surface area contributed by atoms with Crippen LogP contribution in [0.25, 0.3) is 0 Å². The summed E-state index contributed by atoms with van der Waals surface area (Å²) in [4.78, 5) is 0. The van der Waals surface area contributed by atoms with Crippen molar-refractivity contribution in [2.75, 3.05) is 13.7 Å². The molecule has 0 amide bonds. The molecule has 0 heterocycles. The normalized spacial score (nSPS) is 9.77. The molecular formula is C10H13IO2. The lowest BCUT2D eigenvalue weighted by Crippen LogP contribution is -1.97. The van der Waals surface area contributed by atoms with Gasteiger partial charge in [0.15, 0.2) is 11.5 Å². The minimum Gasteiger partial charge on any atom is -0.493 e. The molecule has 0 saturated carbocycles. The number of hydrogen-bond donors (Lipinski definition) is 0. The fourth-order valence-corrected chi connectivity index (χ4v) is 1.44. The zero-order chi connectivity index (χ0) is 9.68. The van der Waals surface area contributed by atoms with E-state index < -0.39 is 0 Å². The SMILES string of the molecule is CCCOc1cc(I)ccc1OC. The summed E-state index contributed by atoms with van der Waals surface area (Å²) in [7, 11) is 1.65. The molecule has 1 aromatic carbocycles. The molecule has 0 aromatic heterocycles. The lowest BCUT2D eigenvalue weighted by molar-refractivity contribution is 0.294. The average Bonchev–Trinajstić information content (AvgIpc) is 2.15. The smallest absolute Gasteiger partial charge is 0.162 e. The maximum Gasteiger partial charge on any atom is 0.162 e. The van der Waals surface area contributed by atoms with Gasteiger partial charge in [-0.25, -0.2) is 0 Å². The van der Waals surface area contributed by atoms with E-state index in [1.54, 1.807) is 7.11 Å². The molecule has 1 aromatic rings. The minimum atomic E-state index is 0.733. The Morgan fingerprint density at radius 2 is 2.08 bits per heavy atom. The Kier molecular flexibility index (Phi) is 4.35. The number of halogens is 1. The summed E-state index contributed by atoms with van der Waals surface area (Å²) >= 11 is 2.25. The van der Waals surface area contributed by atoms with E-state index in [-0.39, 0.29) is 0 Å². The van der Waals surface area contributed by atoms with E-state index >= 15 is 0 Å². The van der Waals surface area contributed by atoms with Crippen molar-refractivity contribution in [3.05, 3.63) is 21.8 Å². The van der Waals surface area contributed by atoms with E-state index in [1.807, 2.05) is 18.2 Å². The fourth-order valence-electron chi connectivity index (χ4n) is 0.975. The van der Waals surface area contributed by atoms with Gasteiger partial charge in [-0.15, -0.1) is 0 Å². The van der Waals surface area contributed by atoms with Gasteiger partial charge in [0, 0.05) is 3.57 Å². The number of ether oxygens (including phenoxy) is 2. The van der Waals surface area contributed by atoms with Crippen LogP contribution in [0, 0.1) is 3.57 Å². The Balaban J connectivity index is 2.81. The molecule has 2 nitrogen and oxygen atoms in total. The van der Waals surface area contributed by atoms with E-state index in [1.165, 1.54) is 0 Å². The van der Waals surface area contributed by atoms with Gasteiger partial charge in [0.2, 0.25) is 0 Å². The summed E-state index contributed by atoms with van der Waals surface area (Å²) in [6, 6.07) is 5.90. The van der Waals surface area contributed by atoms with Crippen LogP contribution < -0.4 is 9.47 Å². The molecule has 13 heavy (non-hydrogen) atoms. The molecule has 3 heteroatoms. The maximum absolute atomic E-state index is 5.53. The molecule has 0 atom stereocenters. The van der Waals surface area contributed by atoms with Crippen molar-refractivity contribution in [1.82, 2.24) is 0 Å². The predicted octanol–water partition coefficient (Wildman–Crippen LogP) is 3.09. The third kappa shape index (κ3) is 3.06. The molecule has 0 aliphatic heterocycles. The van der Waals surface area contributed by atoms with Crippen molar-refractivity contribution in [3.8, 4) is 11.5 Å². The Morgan fingerprint density at radius 1 is 1.31 bits per heavy atom. The van der Waals surface area contributed by atoms with Crippen molar-refractivity contribution in [2.45, 2.75) is 13.3 Å². The largest absolute Gasteiger partial charge is 0.493 e. The Bertz CT molecular complexity index is 274. The van der Waals surface area contributed by atoms with Gasteiger partial charge in [0.1, 0.15) is 0 Å². The predicted molar refractivity (Wildman–Crippen MR) is 61.5 cm³/mol. The van der Waals surface area contributed by atoms with Gasteiger partial charge in [-0.2, -0.15) is 0 Å². The molecule has 72 valence electrons. The van der Waals surface area contributed by atoms with Crippen molar-refractivity contribution in [3.63, 3.8) is 0 Å².